The second kappa shape index (κ2) is 7.57. The van der Waals surface area contributed by atoms with Crippen LogP contribution in [0.15, 0.2) is 34.7 Å². The predicted octanol–water partition coefficient (Wildman–Crippen LogP) is 4.12. The van der Waals surface area contributed by atoms with Crippen LogP contribution in [0.4, 0.5) is 9.93 Å². The number of thioether (sulfide) groups is 1. The topological polar surface area (TPSA) is 79.4 Å². The lowest BCUT2D eigenvalue weighted by molar-refractivity contribution is -0.127. The van der Waals surface area contributed by atoms with Gasteiger partial charge in [-0.2, -0.15) is 0 Å². The number of halogens is 2. The van der Waals surface area contributed by atoms with Gasteiger partial charge in [0, 0.05) is 11.6 Å². The number of carbonyl (C=O) groups is 3. The fourth-order valence-corrected chi connectivity index (χ4v) is 3.73. The molecule has 0 spiro atoms. The number of amides is 3. The van der Waals surface area contributed by atoms with Gasteiger partial charge in [0.15, 0.2) is 5.13 Å². The van der Waals surface area contributed by atoms with Gasteiger partial charge in [0.05, 0.1) is 15.0 Å². The third kappa shape index (κ3) is 4.04. The van der Waals surface area contributed by atoms with Crippen molar-refractivity contribution in [3.8, 4) is 0 Å². The van der Waals surface area contributed by atoms with E-state index >= 15 is 0 Å². The van der Waals surface area contributed by atoms with E-state index in [0.29, 0.717) is 15.7 Å². The molecule has 1 aromatic carbocycles. The van der Waals surface area contributed by atoms with E-state index in [1.807, 2.05) is 0 Å². The minimum Gasteiger partial charge on any atom is -0.300 e. The summed E-state index contributed by atoms with van der Waals surface area (Å²) in [6.45, 7) is -0.384. The van der Waals surface area contributed by atoms with Gasteiger partial charge in [0.2, 0.25) is 5.91 Å². The Morgan fingerprint density at radius 1 is 1.32 bits per heavy atom. The Morgan fingerprint density at radius 2 is 2.12 bits per heavy atom. The number of hydrogen-bond donors (Lipinski definition) is 1. The average molecular weight is 414 g/mol. The number of benzene rings is 1. The summed E-state index contributed by atoms with van der Waals surface area (Å²) in [4.78, 5) is 41.4. The summed E-state index contributed by atoms with van der Waals surface area (Å²) in [5, 5.41) is 4.74. The van der Waals surface area contributed by atoms with Crippen LogP contribution in [0.25, 0.3) is 6.08 Å². The van der Waals surface area contributed by atoms with E-state index in [0.717, 1.165) is 16.7 Å². The number of thiazole rings is 1. The third-order valence-electron chi connectivity index (χ3n) is 3.12. The molecular formula is C15H9Cl2N3O3S2. The summed E-state index contributed by atoms with van der Waals surface area (Å²) in [5.74, 6) is -1.06. The molecule has 0 aliphatic carbocycles. The van der Waals surface area contributed by atoms with Crippen molar-refractivity contribution in [2.45, 2.75) is 0 Å². The number of anilines is 1. The van der Waals surface area contributed by atoms with Crippen molar-refractivity contribution in [1.29, 1.82) is 0 Å². The Morgan fingerprint density at radius 3 is 2.84 bits per heavy atom. The second-order valence-corrected chi connectivity index (χ2v) is 7.47. The van der Waals surface area contributed by atoms with Crippen molar-refractivity contribution in [3.63, 3.8) is 0 Å². The molecule has 6 nitrogen and oxygen atoms in total. The van der Waals surface area contributed by atoms with E-state index in [1.165, 1.54) is 23.6 Å². The molecular weight excluding hydrogens is 405 g/mol. The van der Waals surface area contributed by atoms with Crippen molar-refractivity contribution in [3.05, 3.63) is 50.3 Å². The Hall–Kier alpha value is -1.87. The molecule has 2 aromatic rings. The zero-order valence-corrected chi connectivity index (χ0v) is 15.5. The lowest BCUT2D eigenvalue weighted by Gasteiger charge is -2.11. The van der Waals surface area contributed by atoms with Gasteiger partial charge in [-0.15, -0.1) is 11.3 Å². The summed E-state index contributed by atoms with van der Waals surface area (Å²) < 4.78 is 0. The van der Waals surface area contributed by atoms with E-state index in [9.17, 15) is 14.4 Å². The zero-order chi connectivity index (χ0) is 18.0. The maximum atomic E-state index is 12.4. The quantitative estimate of drug-likeness (QED) is 0.762. The normalized spacial score (nSPS) is 15.9. The van der Waals surface area contributed by atoms with Gasteiger partial charge in [0.1, 0.15) is 6.54 Å². The summed E-state index contributed by atoms with van der Waals surface area (Å²) >= 11 is 14.0. The molecule has 128 valence electrons. The maximum absolute atomic E-state index is 12.4. The van der Waals surface area contributed by atoms with Crippen LogP contribution in [-0.4, -0.2) is 33.5 Å². The Kier molecular flexibility index (Phi) is 5.43. The number of aromatic nitrogens is 1. The summed E-state index contributed by atoms with van der Waals surface area (Å²) in [7, 11) is 0. The fourth-order valence-electron chi connectivity index (χ4n) is 2.00. The lowest BCUT2D eigenvalue weighted by Crippen LogP contribution is -2.36. The molecule has 1 aromatic heterocycles. The van der Waals surface area contributed by atoms with Crippen LogP contribution in [0.2, 0.25) is 10.0 Å². The molecule has 1 aliphatic rings. The van der Waals surface area contributed by atoms with Gasteiger partial charge in [-0.3, -0.25) is 19.3 Å². The van der Waals surface area contributed by atoms with Crippen LogP contribution in [-0.2, 0) is 9.59 Å². The molecule has 25 heavy (non-hydrogen) atoms. The molecule has 10 heteroatoms. The van der Waals surface area contributed by atoms with Crippen molar-refractivity contribution in [1.82, 2.24) is 9.88 Å². The fraction of sp³-hybridized carbons (Fsp3) is 0.0667. The third-order valence-corrected chi connectivity index (χ3v) is 5.55. The summed E-state index contributed by atoms with van der Waals surface area (Å²) in [5.41, 5.74) is 0.520. The molecule has 2 heterocycles. The highest BCUT2D eigenvalue weighted by Gasteiger charge is 2.36. The van der Waals surface area contributed by atoms with Crippen molar-refractivity contribution in [2.24, 2.45) is 0 Å². The Labute approximate surface area is 160 Å². The SMILES string of the molecule is O=C(CN1C(=O)S/C(=C\c2cccc(Cl)c2Cl)C1=O)Nc1nccs1. The monoisotopic (exact) mass is 413 g/mol. The van der Waals surface area contributed by atoms with Crippen LogP contribution in [0.5, 0.6) is 0 Å². The Bertz CT molecular complexity index is 884. The first-order valence-electron chi connectivity index (χ1n) is 6.84. The van der Waals surface area contributed by atoms with Crippen molar-refractivity contribution >= 4 is 74.6 Å². The zero-order valence-electron chi connectivity index (χ0n) is 12.4. The van der Waals surface area contributed by atoms with Gasteiger partial charge < -0.3 is 5.32 Å². The van der Waals surface area contributed by atoms with E-state index in [-0.39, 0.29) is 16.5 Å². The van der Waals surface area contributed by atoms with E-state index in [2.05, 4.69) is 10.3 Å². The standard InChI is InChI=1S/C15H9Cl2N3O3S2/c16-9-3-1-2-8(12(9)17)6-10-13(22)20(15(23)25-10)7-11(21)19-14-18-4-5-24-14/h1-6H,7H2,(H,18,19,21)/b10-6-. The van der Waals surface area contributed by atoms with Gasteiger partial charge in [0.25, 0.3) is 11.1 Å². The van der Waals surface area contributed by atoms with Crippen LogP contribution in [0.3, 0.4) is 0 Å². The number of rotatable bonds is 4. The highest BCUT2D eigenvalue weighted by Crippen LogP contribution is 2.34. The molecule has 0 unspecified atom stereocenters. The minimum atomic E-state index is -0.555. The largest absolute Gasteiger partial charge is 0.300 e. The molecule has 1 N–H and O–H groups in total. The summed E-state index contributed by atoms with van der Waals surface area (Å²) in [6.07, 6.45) is 3.02. The number of nitrogens with one attached hydrogen (secondary N) is 1. The predicted molar refractivity (Wildman–Crippen MR) is 99.9 cm³/mol. The lowest BCUT2D eigenvalue weighted by atomic mass is 10.2. The van der Waals surface area contributed by atoms with Gasteiger partial charge >= 0.3 is 0 Å². The summed E-state index contributed by atoms with van der Waals surface area (Å²) in [6, 6.07) is 4.99. The Balaban J connectivity index is 1.74. The van der Waals surface area contributed by atoms with E-state index in [1.54, 1.807) is 23.6 Å². The number of nitrogens with zero attached hydrogens (tertiary/aromatic N) is 2. The van der Waals surface area contributed by atoms with Gasteiger partial charge in [-0.25, -0.2) is 4.98 Å². The first kappa shape index (κ1) is 17.9. The molecule has 0 atom stereocenters. The van der Waals surface area contributed by atoms with Crippen LogP contribution in [0.1, 0.15) is 5.56 Å². The highest BCUT2D eigenvalue weighted by atomic mass is 35.5. The molecule has 0 bridgehead atoms. The van der Waals surface area contributed by atoms with E-state index in [4.69, 9.17) is 23.2 Å². The van der Waals surface area contributed by atoms with Crippen molar-refractivity contribution < 1.29 is 14.4 Å². The number of hydrogen-bond acceptors (Lipinski definition) is 6. The first-order chi connectivity index (χ1) is 12.0. The van der Waals surface area contributed by atoms with Crippen LogP contribution in [0, 0.1) is 0 Å². The molecule has 1 saturated heterocycles. The molecule has 3 amide bonds. The molecule has 0 radical (unpaired) electrons. The van der Waals surface area contributed by atoms with Crippen molar-refractivity contribution in [2.75, 3.05) is 11.9 Å². The molecule has 3 rings (SSSR count). The molecule has 1 fully saturated rings. The van der Waals surface area contributed by atoms with Gasteiger partial charge in [-0.1, -0.05) is 35.3 Å². The van der Waals surface area contributed by atoms with Gasteiger partial charge in [-0.05, 0) is 29.5 Å². The maximum Gasteiger partial charge on any atom is 0.294 e. The van der Waals surface area contributed by atoms with E-state index < -0.39 is 17.1 Å². The first-order valence-corrected chi connectivity index (χ1v) is 9.29. The molecule has 0 saturated carbocycles. The van der Waals surface area contributed by atoms with Crippen LogP contribution >= 0.6 is 46.3 Å². The highest BCUT2D eigenvalue weighted by molar-refractivity contribution is 8.18. The average Bonchev–Trinajstić information content (AvgIpc) is 3.16. The smallest absolute Gasteiger partial charge is 0.294 e. The van der Waals surface area contributed by atoms with Crippen LogP contribution < -0.4 is 5.32 Å². The minimum absolute atomic E-state index is 0.177. The number of carbonyl (C=O) groups excluding carboxylic acids is 3. The molecule has 1 aliphatic heterocycles. The second-order valence-electron chi connectivity index (χ2n) is 4.80. The number of imide groups is 1.